The summed E-state index contributed by atoms with van der Waals surface area (Å²) in [5, 5.41) is 28.0. The van der Waals surface area contributed by atoms with Crippen LogP contribution in [0.3, 0.4) is 0 Å². The first kappa shape index (κ1) is 17.8. The van der Waals surface area contributed by atoms with Crippen LogP contribution in [0, 0.1) is 39.9 Å². The van der Waals surface area contributed by atoms with Gasteiger partial charge in [-0.05, 0) is 12.3 Å². The van der Waals surface area contributed by atoms with Crippen molar-refractivity contribution >= 4 is 29.5 Å². The highest BCUT2D eigenvalue weighted by molar-refractivity contribution is 8.24. The molecule has 0 bridgehead atoms. The number of carbonyl (C=O) groups excluding carboxylic acids is 1. The molecule has 0 N–H and O–H groups in total. The van der Waals surface area contributed by atoms with Gasteiger partial charge >= 0.3 is 5.97 Å². The highest BCUT2D eigenvalue weighted by Gasteiger charge is 2.29. The smallest absolute Gasteiger partial charge is 0.350 e. The third kappa shape index (κ3) is 3.86. The van der Waals surface area contributed by atoms with Gasteiger partial charge in [0.15, 0.2) is 17.0 Å². The summed E-state index contributed by atoms with van der Waals surface area (Å²) >= 11 is 2.14. The van der Waals surface area contributed by atoms with Crippen LogP contribution in [-0.2, 0) is 9.53 Å². The molecule has 120 valence electrons. The Morgan fingerprint density at radius 2 is 1.67 bits per heavy atom. The number of esters is 1. The molecule has 0 radical (unpaired) electrons. The quantitative estimate of drug-likeness (QED) is 0.454. The molecule has 1 aliphatic heterocycles. The minimum atomic E-state index is -0.693. The highest BCUT2D eigenvalue weighted by Crippen LogP contribution is 2.50. The number of thioether (sulfide) groups is 2. The van der Waals surface area contributed by atoms with Crippen molar-refractivity contribution in [3.8, 4) is 18.2 Å². The van der Waals surface area contributed by atoms with E-state index >= 15 is 0 Å². The second-order valence-electron chi connectivity index (χ2n) is 5.05. The van der Waals surface area contributed by atoms with Crippen LogP contribution in [-0.4, -0.2) is 22.5 Å². The van der Waals surface area contributed by atoms with E-state index in [-0.39, 0.29) is 23.6 Å². The Morgan fingerprint density at radius 1 is 1.12 bits per heavy atom. The number of carbonyl (C=O) groups is 1. The first-order valence-corrected chi connectivity index (χ1v) is 8.52. The number of rotatable bonds is 4. The van der Waals surface area contributed by atoms with Gasteiger partial charge in [-0.15, -0.1) is 0 Å². The third-order valence-electron chi connectivity index (χ3n) is 2.87. The second kappa shape index (κ2) is 7.83. The number of hydrogen-bond acceptors (Lipinski definition) is 9. The Balaban J connectivity index is 2.24. The van der Waals surface area contributed by atoms with Crippen molar-refractivity contribution in [3.63, 3.8) is 0 Å². The van der Waals surface area contributed by atoms with E-state index in [1.165, 1.54) is 0 Å². The molecule has 1 aromatic rings. The largest absolute Gasteiger partial charge is 0.462 e. The Kier molecular flexibility index (Phi) is 5.81. The minimum Gasteiger partial charge on any atom is -0.462 e. The summed E-state index contributed by atoms with van der Waals surface area (Å²) in [5.41, 5.74) is -0.280. The Labute approximate surface area is 147 Å². The third-order valence-corrected chi connectivity index (χ3v) is 5.24. The zero-order valence-corrected chi connectivity index (χ0v) is 14.5. The van der Waals surface area contributed by atoms with E-state index in [0.29, 0.717) is 26.6 Å². The van der Waals surface area contributed by atoms with E-state index in [1.54, 1.807) is 12.1 Å². The average Bonchev–Trinajstić information content (AvgIpc) is 2.95. The van der Waals surface area contributed by atoms with Crippen LogP contribution >= 0.6 is 23.5 Å². The van der Waals surface area contributed by atoms with Crippen molar-refractivity contribution in [1.82, 2.24) is 9.97 Å². The average molecular weight is 357 g/mol. The molecule has 0 aliphatic carbocycles. The van der Waals surface area contributed by atoms with E-state index in [2.05, 4.69) is 9.97 Å². The molecule has 2 heterocycles. The maximum absolute atomic E-state index is 12.1. The maximum Gasteiger partial charge on any atom is 0.350 e. The Morgan fingerprint density at radius 3 is 2.08 bits per heavy atom. The first-order chi connectivity index (χ1) is 11.5. The van der Waals surface area contributed by atoms with Gasteiger partial charge < -0.3 is 4.74 Å². The van der Waals surface area contributed by atoms with Gasteiger partial charge in [0.2, 0.25) is 0 Å². The number of ether oxygens (including phenoxy) is 1. The van der Waals surface area contributed by atoms with Gasteiger partial charge in [0.1, 0.15) is 28.3 Å². The zero-order chi connectivity index (χ0) is 17.7. The van der Waals surface area contributed by atoms with Crippen LogP contribution in [0.5, 0.6) is 0 Å². The predicted molar refractivity (Wildman–Crippen MR) is 86.2 cm³/mol. The monoisotopic (exact) mass is 357 g/mol. The maximum atomic E-state index is 12.1. The minimum absolute atomic E-state index is 0.0800. The molecule has 7 nitrogen and oxygen atoms in total. The molecule has 1 aromatic heterocycles. The van der Waals surface area contributed by atoms with Gasteiger partial charge in [0, 0.05) is 0 Å². The summed E-state index contributed by atoms with van der Waals surface area (Å²) in [5.74, 6) is -0.306. The first-order valence-electron chi connectivity index (χ1n) is 6.89. The van der Waals surface area contributed by atoms with Crippen LogP contribution in [0.25, 0.3) is 0 Å². The van der Waals surface area contributed by atoms with Crippen molar-refractivity contribution in [2.75, 3.05) is 6.61 Å². The molecule has 0 unspecified atom stereocenters. The molecule has 24 heavy (non-hydrogen) atoms. The van der Waals surface area contributed by atoms with E-state index in [9.17, 15) is 10.1 Å². The van der Waals surface area contributed by atoms with Gasteiger partial charge in [0.05, 0.1) is 10.8 Å². The molecule has 0 saturated carbocycles. The fourth-order valence-corrected chi connectivity index (χ4v) is 3.87. The van der Waals surface area contributed by atoms with Crippen LogP contribution in [0.1, 0.15) is 31.7 Å². The molecular formula is C15H11N5O2S2. The van der Waals surface area contributed by atoms with Gasteiger partial charge in [-0.1, -0.05) is 37.4 Å². The number of aromatic nitrogens is 2. The number of nitriles is 3. The van der Waals surface area contributed by atoms with Crippen LogP contribution in [0.2, 0.25) is 0 Å². The summed E-state index contributed by atoms with van der Waals surface area (Å²) in [6.07, 6.45) is 0.709. The van der Waals surface area contributed by atoms with Gasteiger partial charge in [-0.25, -0.2) is 14.8 Å². The lowest BCUT2D eigenvalue weighted by molar-refractivity contribution is -0.138. The zero-order valence-electron chi connectivity index (χ0n) is 12.9. The number of nitrogens with zero attached hydrogens (tertiary/aromatic N) is 5. The second-order valence-corrected chi connectivity index (χ2v) is 7.31. The molecule has 0 atom stereocenters. The molecule has 2 rings (SSSR count). The van der Waals surface area contributed by atoms with E-state index in [4.69, 9.17) is 15.3 Å². The summed E-state index contributed by atoms with van der Waals surface area (Å²) in [6, 6.07) is 5.46. The number of hydrogen-bond donors (Lipinski definition) is 0. The van der Waals surface area contributed by atoms with E-state index in [0.717, 1.165) is 23.5 Å². The molecule has 1 aliphatic rings. The molecule has 0 amide bonds. The summed E-state index contributed by atoms with van der Waals surface area (Å²) in [4.78, 5) is 20.2. The van der Waals surface area contributed by atoms with Crippen molar-refractivity contribution in [1.29, 1.82) is 15.8 Å². The van der Waals surface area contributed by atoms with Crippen molar-refractivity contribution in [2.45, 2.75) is 30.3 Å². The van der Waals surface area contributed by atoms with Crippen molar-refractivity contribution in [3.05, 3.63) is 21.2 Å². The fraction of sp³-hybridized carbons (Fsp3) is 0.333. The topological polar surface area (TPSA) is 123 Å². The lowest BCUT2D eigenvalue weighted by Gasteiger charge is -2.06. The van der Waals surface area contributed by atoms with Gasteiger partial charge in [-0.3, -0.25) is 0 Å². The Bertz CT molecular complexity index is 798. The predicted octanol–water partition coefficient (Wildman–Crippen LogP) is 2.74. The van der Waals surface area contributed by atoms with E-state index < -0.39 is 5.97 Å². The molecule has 0 spiro atoms. The molecule has 0 aromatic carbocycles. The number of fused-ring (bicyclic) bond motifs is 1. The van der Waals surface area contributed by atoms with Crippen LogP contribution < -0.4 is 0 Å². The van der Waals surface area contributed by atoms with E-state index in [1.807, 2.05) is 19.9 Å². The summed E-state index contributed by atoms with van der Waals surface area (Å²) in [6.45, 7) is 4.26. The molecular weight excluding hydrogens is 346 g/mol. The molecule has 0 saturated heterocycles. The normalized spacial score (nSPS) is 12.1. The standard InChI is InChI=1S/C15H11N5O2S2/c1-8(2)3-4-22-14(21)9(5-16)15-23-12-13(24-15)20-11(7-18)10(6-17)19-12/h8H,3-4H2,1-2H3. The lowest BCUT2D eigenvalue weighted by atomic mass is 10.1. The van der Waals surface area contributed by atoms with Crippen molar-refractivity contribution in [2.24, 2.45) is 5.92 Å². The summed E-state index contributed by atoms with van der Waals surface area (Å²) in [7, 11) is 0. The molecule has 0 fully saturated rings. The fourth-order valence-electron chi connectivity index (χ4n) is 1.63. The van der Waals surface area contributed by atoms with Crippen LogP contribution in [0.15, 0.2) is 19.9 Å². The SMILES string of the molecule is CC(C)CCOC(=O)C(C#N)=C1Sc2nc(C#N)c(C#N)nc2S1. The Hall–Kier alpha value is -2.54. The van der Waals surface area contributed by atoms with Crippen molar-refractivity contribution < 1.29 is 9.53 Å². The lowest BCUT2D eigenvalue weighted by Crippen LogP contribution is -2.10. The van der Waals surface area contributed by atoms with Gasteiger partial charge in [-0.2, -0.15) is 15.8 Å². The van der Waals surface area contributed by atoms with Gasteiger partial charge in [0.25, 0.3) is 0 Å². The highest BCUT2D eigenvalue weighted by atomic mass is 32.2. The summed E-state index contributed by atoms with van der Waals surface area (Å²) < 4.78 is 5.51. The molecule has 9 heteroatoms. The van der Waals surface area contributed by atoms with Crippen LogP contribution in [0.4, 0.5) is 0 Å².